The van der Waals surface area contributed by atoms with Crippen LogP contribution in [-0.4, -0.2) is 27.2 Å². The van der Waals surface area contributed by atoms with Gasteiger partial charge in [-0.05, 0) is 108 Å². The number of azo groups is 2. The van der Waals surface area contributed by atoms with Gasteiger partial charge >= 0.3 is 0 Å². The number of benzene rings is 5. The van der Waals surface area contributed by atoms with Crippen LogP contribution in [0.5, 0.6) is 0 Å². The molecule has 0 aromatic heterocycles. The number of anilines is 2. The Kier molecular flexibility index (Phi) is 11.4. The van der Waals surface area contributed by atoms with Gasteiger partial charge in [-0.1, -0.05) is 75.2 Å². The lowest BCUT2D eigenvalue weighted by atomic mass is 10.00. The molecule has 6 heteroatoms. The van der Waals surface area contributed by atoms with Crippen molar-refractivity contribution < 1.29 is 0 Å². The molecular weight excluding hydrogens is 564 g/mol. The lowest BCUT2D eigenvalue weighted by Gasteiger charge is -2.18. The third-order valence-corrected chi connectivity index (χ3v) is 8.12. The molecule has 0 aliphatic carbocycles. The first-order valence-corrected chi connectivity index (χ1v) is 16.3. The summed E-state index contributed by atoms with van der Waals surface area (Å²) in [6.07, 6.45) is 4.76. The molecule has 0 aliphatic rings. The van der Waals surface area contributed by atoms with Crippen LogP contribution in [0.15, 0.2) is 142 Å². The minimum absolute atomic E-state index is 0.828. The van der Waals surface area contributed by atoms with Crippen molar-refractivity contribution in [1.29, 1.82) is 0 Å². The summed E-state index contributed by atoms with van der Waals surface area (Å²) < 4.78 is 0. The monoisotopic (exact) mass is 608 g/mol. The summed E-state index contributed by atoms with van der Waals surface area (Å²) in [5, 5.41) is 17.7. The van der Waals surface area contributed by atoms with E-state index in [1.165, 1.54) is 37.1 Å². The van der Waals surface area contributed by atoms with E-state index in [2.05, 4.69) is 131 Å². The molecule has 6 nitrogen and oxygen atoms in total. The number of unbranched alkanes of at least 4 members (excludes halogenated alkanes) is 2. The van der Waals surface area contributed by atoms with E-state index in [-0.39, 0.29) is 0 Å². The molecule has 234 valence electrons. The van der Waals surface area contributed by atoms with E-state index in [9.17, 15) is 0 Å². The Balaban J connectivity index is 1.15. The number of hydrogen-bond acceptors (Lipinski definition) is 6. The average molecular weight is 609 g/mol. The van der Waals surface area contributed by atoms with E-state index in [0.29, 0.717) is 0 Å². The maximum Gasteiger partial charge on any atom is 0.0858 e. The van der Waals surface area contributed by atoms with Gasteiger partial charge < -0.3 is 9.80 Å². The van der Waals surface area contributed by atoms with Crippen molar-refractivity contribution in [2.45, 2.75) is 39.5 Å². The second kappa shape index (κ2) is 16.3. The molecule has 46 heavy (non-hydrogen) atoms. The number of hydrogen-bond donors (Lipinski definition) is 0. The largest absolute Gasteiger partial charge is 0.375 e. The van der Waals surface area contributed by atoms with Crippen LogP contribution in [0.2, 0.25) is 0 Å². The second-order valence-electron chi connectivity index (χ2n) is 11.7. The van der Waals surface area contributed by atoms with Gasteiger partial charge in [0.1, 0.15) is 0 Å². The van der Waals surface area contributed by atoms with Gasteiger partial charge in [-0.25, -0.2) is 0 Å². The zero-order chi connectivity index (χ0) is 32.1. The zero-order valence-electron chi connectivity index (χ0n) is 27.5. The van der Waals surface area contributed by atoms with Gasteiger partial charge in [0, 0.05) is 38.6 Å². The number of rotatable bonds is 14. The van der Waals surface area contributed by atoms with Crippen LogP contribution < -0.4 is 9.80 Å². The molecule has 0 radical (unpaired) electrons. The van der Waals surface area contributed by atoms with E-state index >= 15 is 0 Å². The minimum atomic E-state index is 0.828. The molecule has 0 fully saturated rings. The molecule has 0 N–H and O–H groups in total. The SMILES string of the molecule is CCCCN(C)c1ccc(/N=N/c2ccc(-c3ccc(-c4ccc(/N=N/c5ccc(N(C)CCCC)cc5)cc4)cc3)cc2)cc1. The van der Waals surface area contributed by atoms with Crippen LogP contribution in [0.4, 0.5) is 34.1 Å². The molecule has 5 rings (SSSR count). The van der Waals surface area contributed by atoms with Crippen LogP contribution in [0.25, 0.3) is 22.3 Å². The van der Waals surface area contributed by atoms with Crippen molar-refractivity contribution in [3.05, 3.63) is 121 Å². The smallest absolute Gasteiger partial charge is 0.0858 e. The fourth-order valence-electron chi connectivity index (χ4n) is 5.12. The van der Waals surface area contributed by atoms with Crippen LogP contribution in [0.1, 0.15) is 39.5 Å². The van der Waals surface area contributed by atoms with Gasteiger partial charge in [0.05, 0.1) is 22.7 Å². The van der Waals surface area contributed by atoms with Crippen molar-refractivity contribution in [3.63, 3.8) is 0 Å². The average Bonchev–Trinajstić information content (AvgIpc) is 3.12. The van der Waals surface area contributed by atoms with Crippen LogP contribution in [-0.2, 0) is 0 Å². The highest BCUT2D eigenvalue weighted by molar-refractivity contribution is 5.72. The summed E-state index contributed by atoms with van der Waals surface area (Å²) in [5.41, 5.74) is 10.3. The van der Waals surface area contributed by atoms with Gasteiger partial charge in [-0.15, -0.1) is 0 Å². The maximum absolute atomic E-state index is 4.44. The summed E-state index contributed by atoms with van der Waals surface area (Å²) in [5.74, 6) is 0. The van der Waals surface area contributed by atoms with E-state index in [0.717, 1.165) is 58.1 Å². The van der Waals surface area contributed by atoms with Crippen molar-refractivity contribution in [2.75, 3.05) is 37.0 Å². The molecule has 0 saturated carbocycles. The molecule has 0 spiro atoms. The summed E-state index contributed by atoms with van der Waals surface area (Å²) in [6, 6.07) is 41.5. The normalized spacial score (nSPS) is 11.4. The molecule has 0 unspecified atom stereocenters. The van der Waals surface area contributed by atoms with Crippen LogP contribution in [0.3, 0.4) is 0 Å². The van der Waals surface area contributed by atoms with Crippen molar-refractivity contribution in [1.82, 2.24) is 0 Å². The first-order chi connectivity index (χ1) is 22.5. The second-order valence-corrected chi connectivity index (χ2v) is 11.7. The number of nitrogens with zero attached hydrogens (tertiary/aromatic N) is 6. The molecule has 0 amide bonds. The summed E-state index contributed by atoms with van der Waals surface area (Å²) >= 11 is 0. The topological polar surface area (TPSA) is 55.9 Å². The molecule has 0 heterocycles. The third kappa shape index (κ3) is 8.98. The highest BCUT2D eigenvalue weighted by Crippen LogP contribution is 2.29. The predicted molar refractivity (Wildman–Crippen MR) is 195 cm³/mol. The minimum Gasteiger partial charge on any atom is -0.375 e. The lowest BCUT2D eigenvalue weighted by Crippen LogP contribution is -2.17. The molecule has 0 aliphatic heterocycles. The lowest BCUT2D eigenvalue weighted by molar-refractivity contribution is 0.767. The first kappa shape index (κ1) is 32.3. The summed E-state index contributed by atoms with van der Waals surface area (Å²) in [7, 11) is 4.25. The van der Waals surface area contributed by atoms with Gasteiger partial charge in [0.15, 0.2) is 0 Å². The highest BCUT2D eigenvalue weighted by Gasteiger charge is 2.04. The van der Waals surface area contributed by atoms with Gasteiger partial charge in [0.2, 0.25) is 0 Å². The van der Waals surface area contributed by atoms with Gasteiger partial charge in [0.25, 0.3) is 0 Å². The fourth-order valence-corrected chi connectivity index (χ4v) is 5.12. The van der Waals surface area contributed by atoms with Gasteiger partial charge in [-0.2, -0.15) is 20.5 Å². The van der Waals surface area contributed by atoms with Crippen molar-refractivity contribution in [2.24, 2.45) is 20.5 Å². The molecule has 0 atom stereocenters. The quantitative estimate of drug-likeness (QED) is 0.118. The molecule has 0 saturated heterocycles. The Morgan fingerprint density at radius 2 is 0.609 bits per heavy atom. The Morgan fingerprint density at radius 3 is 0.870 bits per heavy atom. The van der Waals surface area contributed by atoms with E-state index in [4.69, 9.17) is 0 Å². The fraction of sp³-hybridized carbons (Fsp3) is 0.250. The summed E-state index contributed by atoms with van der Waals surface area (Å²) in [4.78, 5) is 4.55. The Hall–Kier alpha value is -5.10. The Bertz CT molecular complexity index is 1560. The highest BCUT2D eigenvalue weighted by atomic mass is 15.1. The molecule has 5 aromatic rings. The van der Waals surface area contributed by atoms with E-state index < -0.39 is 0 Å². The predicted octanol–water partition coefficient (Wildman–Crippen LogP) is 12.3. The van der Waals surface area contributed by atoms with Crippen LogP contribution in [0, 0.1) is 0 Å². The first-order valence-electron chi connectivity index (χ1n) is 16.3. The maximum atomic E-state index is 4.44. The van der Waals surface area contributed by atoms with Crippen molar-refractivity contribution in [3.8, 4) is 22.3 Å². The molecule has 5 aromatic carbocycles. The molecular formula is C40H44N6. The third-order valence-electron chi connectivity index (χ3n) is 8.12. The standard InChI is InChI=1S/C40H44N6/c1-5-7-29-45(3)39-25-21-37(22-26-39)43-41-35-17-13-33(14-18-35)31-9-11-32(12-10-31)34-15-19-36(20-16-34)42-44-38-23-27-40(28-24-38)46(4)30-8-6-2/h9-28H,5-8,29-30H2,1-4H3/b43-41+,44-42+. The summed E-state index contributed by atoms with van der Waals surface area (Å²) in [6.45, 7) is 6.54. The molecule has 0 bridgehead atoms. The Morgan fingerprint density at radius 1 is 0.370 bits per heavy atom. The van der Waals surface area contributed by atoms with Gasteiger partial charge in [-0.3, -0.25) is 0 Å². The van der Waals surface area contributed by atoms with Crippen LogP contribution >= 0.6 is 0 Å². The van der Waals surface area contributed by atoms with E-state index in [1.54, 1.807) is 0 Å². The Labute approximate surface area is 274 Å². The van der Waals surface area contributed by atoms with E-state index in [1.807, 2.05) is 48.5 Å². The zero-order valence-corrected chi connectivity index (χ0v) is 27.5. The van der Waals surface area contributed by atoms with Crippen molar-refractivity contribution >= 4 is 34.1 Å².